The molecule has 2 atom stereocenters. The lowest BCUT2D eigenvalue weighted by Gasteiger charge is -2.18. The van der Waals surface area contributed by atoms with E-state index in [9.17, 15) is 9.59 Å². The van der Waals surface area contributed by atoms with Gasteiger partial charge < -0.3 is 14.8 Å². The summed E-state index contributed by atoms with van der Waals surface area (Å²) in [5.41, 5.74) is 0. The summed E-state index contributed by atoms with van der Waals surface area (Å²) in [6.07, 6.45) is 0. The molecule has 20 heavy (non-hydrogen) atoms. The first-order chi connectivity index (χ1) is 9.31. The fraction of sp³-hybridized carbons (Fsp3) is 0.571. The van der Waals surface area contributed by atoms with E-state index in [2.05, 4.69) is 10.6 Å². The molecule has 0 bridgehead atoms. The van der Waals surface area contributed by atoms with Gasteiger partial charge in [0.2, 0.25) is 11.7 Å². The summed E-state index contributed by atoms with van der Waals surface area (Å²) in [6, 6.07) is 2.36. The van der Waals surface area contributed by atoms with E-state index in [1.165, 1.54) is 6.07 Å². The molecule has 1 amide bonds. The molecule has 1 aromatic heterocycles. The van der Waals surface area contributed by atoms with Crippen LogP contribution in [0.15, 0.2) is 16.5 Å². The Labute approximate surface area is 118 Å². The van der Waals surface area contributed by atoms with Gasteiger partial charge in [-0.15, -0.1) is 0 Å². The third-order valence-electron chi connectivity index (χ3n) is 2.84. The molecule has 2 unspecified atom stereocenters. The zero-order chi connectivity index (χ0) is 15.3. The molecular formula is C14H22N2O4. The fourth-order valence-electron chi connectivity index (χ4n) is 1.69. The van der Waals surface area contributed by atoms with E-state index in [0.29, 0.717) is 18.2 Å². The van der Waals surface area contributed by atoms with Crippen LogP contribution in [-0.2, 0) is 4.79 Å². The number of furan rings is 1. The first kappa shape index (κ1) is 16.2. The van der Waals surface area contributed by atoms with Gasteiger partial charge in [0.15, 0.2) is 0 Å². The SMILES string of the molecule is CC(C)CNC(=O)C(C)NC(C)c1ccc(C(=O)O)o1. The molecule has 0 radical (unpaired) electrons. The number of aromatic carboxylic acids is 1. The molecule has 1 heterocycles. The Morgan fingerprint density at radius 1 is 1.25 bits per heavy atom. The summed E-state index contributed by atoms with van der Waals surface area (Å²) in [5.74, 6) is -0.412. The Balaban J connectivity index is 2.53. The second-order valence-corrected chi connectivity index (χ2v) is 5.26. The number of carboxylic acid groups (broad SMARTS) is 1. The van der Waals surface area contributed by atoms with Crippen LogP contribution in [0.1, 0.15) is 50.1 Å². The highest BCUT2D eigenvalue weighted by atomic mass is 16.4. The summed E-state index contributed by atoms with van der Waals surface area (Å²) >= 11 is 0. The minimum absolute atomic E-state index is 0.0874. The number of carboxylic acids is 1. The molecule has 0 fully saturated rings. The maximum atomic E-state index is 11.8. The summed E-state index contributed by atoms with van der Waals surface area (Å²) in [6.45, 7) is 8.25. The minimum atomic E-state index is -1.11. The standard InChI is InChI=1S/C14H22N2O4/c1-8(2)7-15-13(17)10(4)16-9(3)11-5-6-12(20-11)14(18)19/h5-6,8-10,16H,7H2,1-4H3,(H,15,17)(H,18,19). The molecule has 1 rings (SSSR count). The van der Waals surface area contributed by atoms with Crippen molar-refractivity contribution in [2.45, 2.75) is 39.8 Å². The third kappa shape index (κ3) is 4.70. The van der Waals surface area contributed by atoms with Crippen molar-refractivity contribution >= 4 is 11.9 Å². The Bertz CT molecular complexity index is 467. The number of rotatable bonds is 7. The summed E-state index contributed by atoms with van der Waals surface area (Å²) in [4.78, 5) is 22.6. The van der Waals surface area contributed by atoms with Gasteiger partial charge in [-0.2, -0.15) is 0 Å². The van der Waals surface area contributed by atoms with Crippen molar-refractivity contribution in [1.29, 1.82) is 0 Å². The van der Waals surface area contributed by atoms with E-state index >= 15 is 0 Å². The molecule has 1 aromatic rings. The summed E-state index contributed by atoms with van der Waals surface area (Å²) in [7, 11) is 0. The molecule has 6 heteroatoms. The van der Waals surface area contributed by atoms with Gasteiger partial charge in [0.1, 0.15) is 5.76 Å². The van der Waals surface area contributed by atoms with Crippen LogP contribution in [-0.4, -0.2) is 29.6 Å². The zero-order valence-electron chi connectivity index (χ0n) is 12.3. The largest absolute Gasteiger partial charge is 0.475 e. The molecule has 0 aliphatic heterocycles. The predicted molar refractivity (Wildman–Crippen MR) is 74.5 cm³/mol. The highest BCUT2D eigenvalue weighted by Crippen LogP contribution is 2.16. The Kier molecular flexibility index (Phi) is 5.76. The van der Waals surface area contributed by atoms with Gasteiger partial charge in [0.05, 0.1) is 12.1 Å². The Morgan fingerprint density at radius 2 is 1.90 bits per heavy atom. The van der Waals surface area contributed by atoms with Gasteiger partial charge in [0.25, 0.3) is 0 Å². The van der Waals surface area contributed by atoms with Crippen molar-refractivity contribution in [2.75, 3.05) is 6.54 Å². The highest BCUT2D eigenvalue weighted by molar-refractivity contribution is 5.84. The van der Waals surface area contributed by atoms with Crippen LogP contribution in [0.25, 0.3) is 0 Å². The molecule has 112 valence electrons. The van der Waals surface area contributed by atoms with Gasteiger partial charge in [-0.3, -0.25) is 10.1 Å². The van der Waals surface area contributed by atoms with E-state index in [1.807, 2.05) is 20.8 Å². The molecule has 0 aromatic carbocycles. The highest BCUT2D eigenvalue weighted by Gasteiger charge is 2.19. The number of nitrogens with one attached hydrogen (secondary N) is 2. The molecular weight excluding hydrogens is 260 g/mol. The summed E-state index contributed by atoms with van der Waals surface area (Å²) in [5, 5.41) is 14.7. The predicted octanol–water partition coefficient (Wildman–Crippen LogP) is 1.79. The van der Waals surface area contributed by atoms with Crippen molar-refractivity contribution in [1.82, 2.24) is 10.6 Å². The van der Waals surface area contributed by atoms with E-state index in [1.54, 1.807) is 13.0 Å². The average Bonchev–Trinajstić information content (AvgIpc) is 2.85. The first-order valence-electron chi connectivity index (χ1n) is 6.68. The van der Waals surface area contributed by atoms with Crippen molar-refractivity contribution in [3.8, 4) is 0 Å². The van der Waals surface area contributed by atoms with E-state index in [0.717, 1.165) is 0 Å². The first-order valence-corrected chi connectivity index (χ1v) is 6.68. The molecule has 3 N–H and O–H groups in total. The zero-order valence-corrected chi connectivity index (χ0v) is 12.3. The van der Waals surface area contributed by atoms with Crippen LogP contribution in [0.5, 0.6) is 0 Å². The van der Waals surface area contributed by atoms with Crippen molar-refractivity contribution in [3.05, 3.63) is 23.7 Å². The van der Waals surface area contributed by atoms with Crippen LogP contribution >= 0.6 is 0 Å². The van der Waals surface area contributed by atoms with Gasteiger partial charge >= 0.3 is 5.97 Å². The molecule has 6 nitrogen and oxygen atoms in total. The van der Waals surface area contributed by atoms with Gasteiger partial charge in [-0.05, 0) is 31.9 Å². The van der Waals surface area contributed by atoms with Crippen LogP contribution in [0.3, 0.4) is 0 Å². The summed E-state index contributed by atoms with van der Waals surface area (Å²) < 4.78 is 5.19. The number of carbonyl (C=O) groups is 2. The van der Waals surface area contributed by atoms with E-state index in [-0.39, 0.29) is 23.8 Å². The lowest BCUT2D eigenvalue weighted by molar-refractivity contribution is -0.123. The maximum absolute atomic E-state index is 11.8. The van der Waals surface area contributed by atoms with E-state index in [4.69, 9.17) is 9.52 Å². The normalized spacial score (nSPS) is 14.1. The average molecular weight is 282 g/mol. The number of carbonyl (C=O) groups excluding carboxylic acids is 1. The molecule has 0 spiro atoms. The Hall–Kier alpha value is -1.82. The fourth-order valence-corrected chi connectivity index (χ4v) is 1.69. The maximum Gasteiger partial charge on any atom is 0.371 e. The van der Waals surface area contributed by atoms with Gasteiger partial charge in [0, 0.05) is 6.54 Å². The number of amides is 1. The van der Waals surface area contributed by atoms with Crippen LogP contribution in [0.2, 0.25) is 0 Å². The second kappa shape index (κ2) is 7.09. The Morgan fingerprint density at radius 3 is 2.40 bits per heavy atom. The van der Waals surface area contributed by atoms with Crippen molar-refractivity contribution in [2.24, 2.45) is 5.92 Å². The van der Waals surface area contributed by atoms with Crippen LogP contribution in [0, 0.1) is 5.92 Å². The molecule has 0 aliphatic rings. The third-order valence-corrected chi connectivity index (χ3v) is 2.84. The lowest BCUT2D eigenvalue weighted by Crippen LogP contribution is -2.44. The van der Waals surface area contributed by atoms with E-state index < -0.39 is 5.97 Å². The molecule has 0 saturated heterocycles. The lowest BCUT2D eigenvalue weighted by atomic mass is 10.2. The topological polar surface area (TPSA) is 91.6 Å². The van der Waals surface area contributed by atoms with Gasteiger partial charge in [-0.25, -0.2) is 4.79 Å². The number of hydrogen-bond donors (Lipinski definition) is 3. The van der Waals surface area contributed by atoms with Crippen molar-refractivity contribution < 1.29 is 19.1 Å². The smallest absolute Gasteiger partial charge is 0.371 e. The molecule has 0 saturated carbocycles. The quantitative estimate of drug-likeness (QED) is 0.709. The molecule has 0 aliphatic carbocycles. The van der Waals surface area contributed by atoms with Crippen molar-refractivity contribution in [3.63, 3.8) is 0 Å². The van der Waals surface area contributed by atoms with Crippen LogP contribution in [0.4, 0.5) is 0 Å². The second-order valence-electron chi connectivity index (χ2n) is 5.26. The van der Waals surface area contributed by atoms with Crippen LogP contribution < -0.4 is 10.6 Å². The monoisotopic (exact) mass is 282 g/mol. The number of hydrogen-bond acceptors (Lipinski definition) is 4. The minimum Gasteiger partial charge on any atom is -0.475 e. The van der Waals surface area contributed by atoms with Gasteiger partial charge in [-0.1, -0.05) is 13.8 Å².